The maximum atomic E-state index is 12.4. The molecule has 0 fully saturated rings. The molecule has 2 aromatic rings. The van der Waals surface area contributed by atoms with Gasteiger partial charge in [-0.15, -0.1) is 0 Å². The summed E-state index contributed by atoms with van der Waals surface area (Å²) in [6, 6.07) is 12.3. The van der Waals surface area contributed by atoms with E-state index in [1.165, 1.54) is 13.0 Å². The van der Waals surface area contributed by atoms with E-state index in [0.29, 0.717) is 5.92 Å². The summed E-state index contributed by atoms with van der Waals surface area (Å²) in [5.74, 6) is -0.808. The molecular weight excluding hydrogens is 373 g/mol. The number of nitrogens with one attached hydrogen (secondary N) is 1. The summed E-state index contributed by atoms with van der Waals surface area (Å²) in [6.45, 7) is 5.69. The van der Waals surface area contributed by atoms with Crippen LogP contribution in [0, 0.1) is 0 Å². The van der Waals surface area contributed by atoms with E-state index in [9.17, 15) is 9.59 Å². The first-order valence-electron chi connectivity index (χ1n) is 8.39. The Kier molecular flexibility index (Phi) is 7.06. The lowest BCUT2D eigenvalue weighted by Gasteiger charge is -2.18. The number of anilines is 1. The third kappa shape index (κ3) is 4.77. The molecule has 4 nitrogen and oxygen atoms in total. The molecule has 0 aliphatic carbocycles. The Hall–Kier alpha value is -2.04. The molecule has 0 bridgehead atoms. The van der Waals surface area contributed by atoms with Gasteiger partial charge in [0.15, 0.2) is 6.10 Å². The Morgan fingerprint density at radius 1 is 1.08 bits per heavy atom. The molecule has 0 aliphatic rings. The van der Waals surface area contributed by atoms with Crippen LogP contribution in [0.5, 0.6) is 0 Å². The normalized spacial score (nSPS) is 13.0. The Morgan fingerprint density at radius 2 is 1.77 bits per heavy atom. The lowest BCUT2D eigenvalue weighted by atomic mass is 9.97. The molecule has 6 heteroatoms. The van der Waals surface area contributed by atoms with Crippen LogP contribution in [0.2, 0.25) is 10.0 Å². The maximum Gasteiger partial charge on any atom is 0.340 e. The lowest BCUT2D eigenvalue weighted by molar-refractivity contribution is -0.123. The highest BCUT2D eigenvalue weighted by molar-refractivity contribution is 6.43. The van der Waals surface area contributed by atoms with Gasteiger partial charge in [0.25, 0.3) is 5.91 Å². The SMILES string of the molecule is CCC(C)c1ccccc1NC(=O)C(C)OC(=O)c1cccc(Cl)c1Cl. The van der Waals surface area contributed by atoms with Crippen LogP contribution in [-0.4, -0.2) is 18.0 Å². The summed E-state index contributed by atoms with van der Waals surface area (Å²) in [4.78, 5) is 24.7. The maximum absolute atomic E-state index is 12.4. The molecule has 2 rings (SSSR count). The summed E-state index contributed by atoms with van der Waals surface area (Å²) < 4.78 is 5.24. The zero-order valence-corrected chi connectivity index (χ0v) is 16.4. The van der Waals surface area contributed by atoms with E-state index in [1.807, 2.05) is 24.3 Å². The number of rotatable bonds is 6. The number of para-hydroxylation sites is 1. The van der Waals surface area contributed by atoms with Gasteiger partial charge in [0.05, 0.1) is 15.6 Å². The molecular formula is C20H21Cl2NO3. The smallest absolute Gasteiger partial charge is 0.340 e. The number of ether oxygens (including phenoxy) is 1. The summed E-state index contributed by atoms with van der Waals surface area (Å²) in [5.41, 5.74) is 1.88. The van der Waals surface area contributed by atoms with E-state index in [4.69, 9.17) is 27.9 Å². The number of esters is 1. The van der Waals surface area contributed by atoms with Gasteiger partial charge in [0.1, 0.15) is 0 Å². The molecule has 26 heavy (non-hydrogen) atoms. The summed E-state index contributed by atoms with van der Waals surface area (Å²) in [6.07, 6.45) is -0.0347. The molecule has 2 aromatic carbocycles. The van der Waals surface area contributed by atoms with Gasteiger partial charge in [-0.2, -0.15) is 0 Å². The van der Waals surface area contributed by atoms with Crippen LogP contribution >= 0.6 is 23.2 Å². The number of carbonyl (C=O) groups is 2. The van der Waals surface area contributed by atoms with Gasteiger partial charge in [-0.1, -0.05) is 61.3 Å². The van der Waals surface area contributed by atoms with Crippen molar-refractivity contribution in [3.05, 3.63) is 63.6 Å². The van der Waals surface area contributed by atoms with E-state index in [2.05, 4.69) is 19.2 Å². The highest BCUT2D eigenvalue weighted by atomic mass is 35.5. The monoisotopic (exact) mass is 393 g/mol. The van der Waals surface area contributed by atoms with Gasteiger partial charge in [-0.3, -0.25) is 4.79 Å². The quantitative estimate of drug-likeness (QED) is 0.641. The van der Waals surface area contributed by atoms with Crippen molar-refractivity contribution in [3.8, 4) is 0 Å². The van der Waals surface area contributed by atoms with Crippen molar-refractivity contribution in [3.63, 3.8) is 0 Å². The van der Waals surface area contributed by atoms with Crippen molar-refractivity contribution >= 4 is 40.8 Å². The molecule has 1 N–H and O–H groups in total. The van der Waals surface area contributed by atoms with Crippen LogP contribution < -0.4 is 5.32 Å². The van der Waals surface area contributed by atoms with Crippen molar-refractivity contribution < 1.29 is 14.3 Å². The van der Waals surface area contributed by atoms with Gasteiger partial charge in [0.2, 0.25) is 0 Å². The van der Waals surface area contributed by atoms with Crippen LogP contribution in [0.15, 0.2) is 42.5 Å². The fraction of sp³-hybridized carbons (Fsp3) is 0.300. The van der Waals surface area contributed by atoms with E-state index < -0.39 is 18.0 Å². The number of hydrogen-bond donors (Lipinski definition) is 1. The van der Waals surface area contributed by atoms with E-state index in [0.717, 1.165) is 17.7 Å². The zero-order valence-electron chi connectivity index (χ0n) is 14.9. The Bertz CT molecular complexity index is 807. The Labute approximate surface area is 163 Å². The number of halogens is 2. The predicted octanol–water partition coefficient (Wildman–Crippen LogP) is 5.69. The first-order valence-corrected chi connectivity index (χ1v) is 9.15. The molecule has 1 amide bonds. The van der Waals surface area contributed by atoms with Gasteiger partial charge in [0, 0.05) is 5.69 Å². The Morgan fingerprint density at radius 3 is 2.46 bits per heavy atom. The van der Waals surface area contributed by atoms with Crippen molar-refractivity contribution in [1.82, 2.24) is 0 Å². The number of benzene rings is 2. The third-order valence-electron chi connectivity index (χ3n) is 4.19. The van der Waals surface area contributed by atoms with Crippen molar-refractivity contribution in [2.24, 2.45) is 0 Å². The van der Waals surface area contributed by atoms with Gasteiger partial charge >= 0.3 is 5.97 Å². The molecule has 138 valence electrons. The van der Waals surface area contributed by atoms with Crippen LogP contribution in [0.4, 0.5) is 5.69 Å². The molecule has 0 heterocycles. The minimum absolute atomic E-state index is 0.105. The second-order valence-corrected chi connectivity index (χ2v) is 6.82. The number of hydrogen-bond acceptors (Lipinski definition) is 3. The van der Waals surface area contributed by atoms with E-state index in [-0.39, 0.29) is 15.6 Å². The molecule has 0 aromatic heterocycles. The second kappa shape index (κ2) is 9.06. The first-order chi connectivity index (χ1) is 12.3. The van der Waals surface area contributed by atoms with Gasteiger partial charge in [-0.25, -0.2) is 4.79 Å². The summed E-state index contributed by atoms with van der Waals surface area (Å²) in [5, 5.41) is 3.19. The third-order valence-corrected chi connectivity index (χ3v) is 5.01. The van der Waals surface area contributed by atoms with E-state index >= 15 is 0 Å². The fourth-order valence-electron chi connectivity index (χ4n) is 2.43. The average molecular weight is 394 g/mol. The lowest BCUT2D eigenvalue weighted by Crippen LogP contribution is -2.30. The minimum Gasteiger partial charge on any atom is -0.449 e. The summed E-state index contributed by atoms with van der Waals surface area (Å²) in [7, 11) is 0. The van der Waals surface area contributed by atoms with Crippen LogP contribution in [0.3, 0.4) is 0 Å². The molecule has 2 atom stereocenters. The molecule has 0 saturated carbocycles. The molecule has 0 radical (unpaired) electrons. The first kappa shape index (κ1) is 20.3. The van der Waals surface area contributed by atoms with E-state index in [1.54, 1.807) is 12.1 Å². The topological polar surface area (TPSA) is 55.4 Å². The Balaban J connectivity index is 2.09. The molecule has 2 unspecified atom stereocenters. The number of carbonyl (C=O) groups excluding carboxylic acids is 2. The van der Waals surface area contributed by atoms with Crippen LogP contribution in [-0.2, 0) is 9.53 Å². The van der Waals surface area contributed by atoms with Crippen molar-refractivity contribution in [2.45, 2.75) is 39.2 Å². The van der Waals surface area contributed by atoms with Crippen LogP contribution in [0.1, 0.15) is 49.0 Å². The fourth-order valence-corrected chi connectivity index (χ4v) is 2.81. The molecule has 0 aliphatic heterocycles. The highest BCUT2D eigenvalue weighted by Crippen LogP contribution is 2.28. The van der Waals surface area contributed by atoms with Crippen LogP contribution in [0.25, 0.3) is 0 Å². The highest BCUT2D eigenvalue weighted by Gasteiger charge is 2.22. The zero-order chi connectivity index (χ0) is 19.3. The average Bonchev–Trinajstić information content (AvgIpc) is 2.63. The summed E-state index contributed by atoms with van der Waals surface area (Å²) >= 11 is 11.9. The molecule has 0 spiro atoms. The molecule has 0 saturated heterocycles. The van der Waals surface area contributed by atoms with Gasteiger partial charge < -0.3 is 10.1 Å². The number of amides is 1. The van der Waals surface area contributed by atoms with Crippen molar-refractivity contribution in [2.75, 3.05) is 5.32 Å². The minimum atomic E-state index is -0.984. The van der Waals surface area contributed by atoms with Gasteiger partial charge in [-0.05, 0) is 43.0 Å². The standard InChI is InChI=1S/C20H21Cl2NO3/c1-4-12(2)14-8-5-6-11-17(14)23-19(24)13(3)26-20(25)15-9-7-10-16(21)18(15)22/h5-13H,4H2,1-3H3,(H,23,24). The van der Waals surface area contributed by atoms with Crippen molar-refractivity contribution in [1.29, 1.82) is 0 Å². The second-order valence-electron chi connectivity index (χ2n) is 6.03. The largest absolute Gasteiger partial charge is 0.449 e. The predicted molar refractivity (Wildman–Crippen MR) is 105 cm³/mol.